The largest absolute Gasteiger partial charge is 0.545 e. The van der Waals surface area contributed by atoms with Crippen molar-refractivity contribution in [2.24, 2.45) is 0 Å². The monoisotopic (exact) mass is 343 g/mol. The first-order chi connectivity index (χ1) is 11.7. The van der Waals surface area contributed by atoms with E-state index in [9.17, 15) is 14.3 Å². The van der Waals surface area contributed by atoms with Gasteiger partial charge in [-0.1, -0.05) is 18.2 Å². The van der Waals surface area contributed by atoms with Crippen molar-refractivity contribution in [1.29, 1.82) is 0 Å². The zero-order valence-corrected chi connectivity index (χ0v) is 15.6. The van der Waals surface area contributed by atoms with E-state index in [1.165, 1.54) is 6.08 Å². The lowest BCUT2D eigenvalue weighted by Crippen LogP contribution is -2.19. The van der Waals surface area contributed by atoms with Gasteiger partial charge in [0.05, 0.1) is 13.1 Å². The molecule has 0 atom stereocenters. The summed E-state index contributed by atoms with van der Waals surface area (Å²) in [5.74, 6) is -0.809. The molecule has 3 nitrogen and oxygen atoms in total. The third kappa shape index (κ3) is 5.75. The highest BCUT2D eigenvalue weighted by Crippen LogP contribution is 2.32. The topological polar surface area (TPSA) is 49.4 Å². The van der Waals surface area contributed by atoms with Crippen LogP contribution in [-0.2, 0) is 4.79 Å². The lowest BCUT2D eigenvalue weighted by molar-refractivity contribution is -0.297. The number of aryl methyl sites for hydroxylation is 1. The highest BCUT2D eigenvalue weighted by atomic mass is 19.1. The molecule has 0 unspecified atom stereocenters. The van der Waals surface area contributed by atoms with Crippen LogP contribution in [0.2, 0.25) is 0 Å². The molecule has 0 spiro atoms. The van der Waals surface area contributed by atoms with Crippen molar-refractivity contribution in [2.45, 2.75) is 34.6 Å². The standard InChI is InChI=1S/C21H25FO3/c1-13(8-7-9-14(2)11-20(23)24)10-18(22)21-15(3)12-19(25-6)16(4)17(21)5/h7-12H,1-6H3,(H,23,24)/p-1/b9-7+,13-8+,14-11+,18-10-. The van der Waals surface area contributed by atoms with Crippen LogP contribution in [0, 0.1) is 20.8 Å². The minimum atomic E-state index is -1.24. The smallest absolute Gasteiger partial charge is 0.131 e. The Kier molecular flexibility index (Phi) is 7.37. The molecule has 0 aliphatic heterocycles. The summed E-state index contributed by atoms with van der Waals surface area (Å²) in [4.78, 5) is 10.4. The predicted octanol–water partition coefficient (Wildman–Crippen LogP) is 4.13. The highest BCUT2D eigenvalue weighted by Gasteiger charge is 2.14. The Morgan fingerprint density at radius 1 is 1.12 bits per heavy atom. The summed E-state index contributed by atoms with van der Waals surface area (Å²) in [7, 11) is 1.60. The van der Waals surface area contributed by atoms with Gasteiger partial charge in [0.2, 0.25) is 0 Å². The molecule has 0 N–H and O–H groups in total. The number of aliphatic carboxylic acids is 1. The maximum atomic E-state index is 14.7. The van der Waals surface area contributed by atoms with E-state index < -0.39 is 5.97 Å². The summed E-state index contributed by atoms with van der Waals surface area (Å²) >= 11 is 0. The number of allylic oxidation sites excluding steroid dienone is 6. The van der Waals surface area contributed by atoms with E-state index in [4.69, 9.17) is 4.74 Å². The van der Waals surface area contributed by atoms with Gasteiger partial charge >= 0.3 is 0 Å². The molecular weight excluding hydrogens is 319 g/mol. The summed E-state index contributed by atoms with van der Waals surface area (Å²) in [6.07, 6.45) is 7.48. The zero-order chi connectivity index (χ0) is 19.1. The second kappa shape index (κ2) is 9.02. The highest BCUT2D eigenvalue weighted by molar-refractivity contribution is 5.79. The minimum absolute atomic E-state index is 0.315. The number of halogens is 1. The summed E-state index contributed by atoms with van der Waals surface area (Å²) in [5.41, 5.74) is 4.40. The molecule has 25 heavy (non-hydrogen) atoms. The molecule has 1 rings (SSSR count). The molecular formula is C21H24FO3-. The Morgan fingerprint density at radius 3 is 2.32 bits per heavy atom. The summed E-state index contributed by atoms with van der Waals surface area (Å²) < 4.78 is 20.1. The lowest BCUT2D eigenvalue weighted by Gasteiger charge is -2.15. The SMILES string of the molecule is COc1cc(C)c(/C(F)=C/C(C)=C/C=C/C(C)=C/C(=O)[O-])c(C)c1C. The molecule has 1 aromatic rings. The third-order valence-electron chi connectivity index (χ3n) is 3.93. The van der Waals surface area contributed by atoms with Crippen LogP contribution in [0.15, 0.2) is 47.6 Å². The first kappa shape index (κ1) is 20.4. The fraction of sp³-hybridized carbons (Fsp3) is 0.286. The van der Waals surface area contributed by atoms with Crippen LogP contribution in [0.5, 0.6) is 5.75 Å². The molecule has 0 amide bonds. The molecule has 134 valence electrons. The van der Waals surface area contributed by atoms with Gasteiger partial charge in [0.1, 0.15) is 11.6 Å². The van der Waals surface area contributed by atoms with E-state index in [-0.39, 0.29) is 5.83 Å². The van der Waals surface area contributed by atoms with Crippen molar-refractivity contribution in [2.75, 3.05) is 7.11 Å². The average Bonchev–Trinajstić information content (AvgIpc) is 2.50. The molecule has 0 aliphatic carbocycles. The molecule has 0 saturated heterocycles. The molecule has 0 radical (unpaired) electrons. The molecule has 0 bridgehead atoms. The number of hydrogen-bond acceptors (Lipinski definition) is 3. The van der Waals surface area contributed by atoms with Crippen LogP contribution < -0.4 is 9.84 Å². The van der Waals surface area contributed by atoms with Gasteiger partial charge in [0.15, 0.2) is 0 Å². The number of methoxy groups -OCH3 is 1. The molecule has 1 aromatic carbocycles. The maximum absolute atomic E-state index is 14.7. The van der Waals surface area contributed by atoms with Gasteiger partial charge in [-0.05, 0) is 80.7 Å². The molecule has 0 saturated carbocycles. The van der Waals surface area contributed by atoms with Gasteiger partial charge in [-0.2, -0.15) is 0 Å². The van der Waals surface area contributed by atoms with Crippen molar-refractivity contribution in [3.05, 3.63) is 69.8 Å². The maximum Gasteiger partial charge on any atom is 0.131 e. The van der Waals surface area contributed by atoms with Gasteiger partial charge < -0.3 is 14.6 Å². The van der Waals surface area contributed by atoms with Crippen molar-refractivity contribution >= 4 is 11.8 Å². The van der Waals surface area contributed by atoms with Crippen molar-refractivity contribution in [1.82, 2.24) is 0 Å². The number of benzene rings is 1. The number of rotatable bonds is 6. The number of hydrogen-bond donors (Lipinski definition) is 0. The Labute approximate surface area is 148 Å². The molecule has 0 aromatic heterocycles. The van der Waals surface area contributed by atoms with E-state index in [0.29, 0.717) is 16.7 Å². The molecule has 0 fully saturated rings. The second-order valence-electron chi connectivity index (χ2n) is 5.99. The van der Waals surface area contributed by atoms with E-state index in [2.05, 4.69) is 0 Å². The lowest BCUT2D eigenvalue weighted by atomic mass is 9.95. The van der Waals surface area contributed by atoms with Gasteiger partial charge in [0, 0.05) is 5.56 Å². The molecule has 0 aliphatic rings. The Hall–Kier alpha value is -2.62. The van der Waals surface area contributed by atoms with Crippen LogP contribution in [-0.4, -0.2) is 13.1 Å². The van der Waals surface area contributed by atoms with Crippen LogP contribution in [0.25, 0.3) is 5.83 Å². The normalized spacial score (nSPS) is 13.5. The van der Waals surface area contributed by atoms with Gasteiger partial charge in [0.25, 0.3) is 0 Å². The quantitative estimate of drug-likeness (QED) is 0.576. The minimum Gasteiger partial charge on any atom is -0.545 e. The van der Waals surface area contributed by atoms with Crippen molar-refractivity contribution in [3.63, 3.8) is 0 Å². The first-order valence-electron chi connectivity index (χ1n) is 7.94. The Morgan fingerprint density at radius 2 is 1.76 bits per heavy atom. The van der Waals surface area contributed by atoms with Gasteiger partial charge in [-0.3, -0.25) is 0 Å². The Bertz CT molecular complexity index is 781. The number of carbonyl (C=O) groups is 1. The van der Waals surface area contributed by atoms with Crippen LogP contribution >= 0.6 is 0 Å². The van der Waals surface area contributed by atoms with Crippen LogP contribution in [0.3, 0.4) is 0 Å². The van der Waals surface area contributed by atoms with E-state index >= 15 is 0 Å². The predicted molar refractivity (Wildman–Crippen MR) is 98.0 cm³/mol. The van der Waals surface area contributed by atoms with Crippen LogP contribution in [0.4, 0.5) is 4.39 Å². The summed E-state index contributed by atoms with van der Waals surface area (Å²) in [6, 6.07) is 1.83. The van der Waals surface area contributed by atoms with Crippen LogP contribution in [0.1, 0.15) is 36.1 Å². The molecule has 0 heterocycles. The van der Waals surface area contributed by atoms with Crippen molar-refractivity contribution in [3.8, 4) is 5.75 Å². The summed E-state index contributed by atoms with van der Waals surface area (Å²) in [5, 5.41) is 10.4. The number of carboxylic acid groups (broad SMARTS) is 1. The zero-order valence-electron chi connectivity index (χ0n) is 15.6. The summed E-state index contributed by atoms with van der Waals surface area (Å²) in [6.45, 7) is 9.06. The Balaban J connectivity index is 3.13. The van der Waals surface area contributed by atoms with E-state index in [0.717, 1.165) is 28.5 Å². The fourth-order valence-electron chi connectivity index (χ4n) is 2.53. The number of carboxylic acids is 1. The number of carbonyl (C=O) groups excluding carboxylic acids is 1. The third-order valence-corrected chi connectivity index (χ3v) is 3.93. The fourth-order valence-corrected chi connectivity index (χ4v) is 2.53. The second-order valence-corrected chi connectivity index (χ2v) is 5.99. The average molecular weight is 343 g/mol. The molecule has 4 heteroatoms. The van der Waals surface area contributed by atoms with E-state index in [1.54, 1.807) is 39.2 Å². The first-order valence-corrected chi connectivity index (χ1v) is 7.94. The van der Waals surface area contributed by atoms with E-state index in [1.807, 2.05) is 26.8 Å². The van der Waals surface area contributed by atoms with Crippen molar-refractivity contribution < 1.29 is 19.0 Å². The van der Waals surface area contributed by atoms with Gasteiger partial charge in [-0.25, -0.2) is 4.39 Å². The number of ether oxygens (including phenoxy) is 1. The van der Waals surface area contributed by atoms with Gasteiger partial charge in [-0.15, -0.1) is 0 Å².